The van der Waals surface area contributed by atoms with Crippen molar-refractivity contribution in [2.45, 2.75) is 35.8 Å². The highest BCUT2D eigenvalue weighted by Crippen LogP contribution is 2.62. The lowest BCUT2D eigenvalue weighted by molar-refractivity contribution is -0.441. The van der Waals surface area contributed by atoms with Crippen LogP contribution in [0.15, 0.2) is 24.3 Å². The Morgan fingerprint density at radius 3 is 1.41 bits per heavy atom. The number of terminal acetylenes is 1. The zero-order valence-corrected chi connectivity index (χ0v) is 12.3. The SMILES string of the molecule is C#Cc1ccccc1C(F)(F)C(F)(F)C(F)(F)C(F)(F)C(F)(F)C(F)(F)F. The first-order valence-electron chi connectivity index (χ1n) is 6.32. The lowest BCUT2D eigenvalue weighted by atomic mass is 9.89. The largest absolute Gasteiger partial charge is 0.460 e. The minimum absolute atomic E-state index is 0.000767. The van der Waals surface area contributed by atoms with Gasteiger partial charge in [0.25, 0.3) is 0 Å². The van der Waals surface area contributed by atoms with Crippen LogP contribution in [0, 0.1) is 12.3 Å². The van der Waals surface area contributed by atoms with Gasteiger partial charge in [-0.05, 0) is 6.07 Å². The zero-order valence-electron chi connectivity index (χ0n) is 12.3. The van der Waals surface area contributed by atoms with Gasteiger partial charge in [0, 0.05) is 11.1 Å². The molecule has 0 nitrogen and oxygen atoms in total. The van der Waals surface area contributed by atoms with Gasteiger partial charge < -0.3 is 0 Å². The average molecular weight is 420 g/mol. The van der Waals surface area contributed by atoms with E-state index in [9.17, 15) is 57.1 Å². The fourth-order valence-electron chi connectivity index (χ4n) is 1.82. The summed E-state index contributed by atoms with van der Waals surface area (Å²) >= 11 is 0. The molecular weight excluding hydrogens is 415 g/mol. The molecule has 0 aliphatic heterocycles. The maximum absolute atomic E-state index is 13.9. The van der Waals surface area contributed by atoms with Crippen molar-refractivity contribution in [2.24, 2.45) is 0 Å². The first-order chi connectivity index (χ1) is 11.8. The van der Waals surface area contributed by atoms with Crippen molar-refractivity contribution in [3.05, 3.63) is 35.4 Å². The van der Waals surface area contributed by atoms with Gasteiger partial charge in [-0.3, -0.25) is 0 Å². The molecule has 1 aromatic carbocycles. The van der Waals surface area contributed by atoms with Crippen molar-refractivity contribution in [3.63, 3.8) is 0 Å². The molecule has 0 fully saturated rings. The predicted octanol–water partition coefficient (Wildman–Crippen LogP) is 5.86. The lowest BCUT2D eigenvalue weighted by Crippen LogP contribution is -2.69. The van der Waals surface area contributed by atoms with Gasteiger partial charge in [0.05, 0.1) is 0 Å². The van der Waals surface area contributed by atoms with Crippen molar-refractivity contribution in [1.82, 2.24) is 0 Å². The van der Waals surface area contributed by atoms with Crippen molar-refractivity contribution in [2.75, 3.05) is 0 Å². The smallest absolute Gasteiger partial charge is 0.194 e. The van der Waals surface area contributed by atoms with Crippen LogP contribution in [0.2, 0.25) is 0 Å². The van der Waals surface area contributed by atoms with E-state index in [1.807, 2.05) is 0 Å². The predicted molar refractivity (Wildman–Crippen MR) is 64.1 cm³/mol. The molecule has 27 heavy (non-hydrogen) atoms. The molecule has 0 bridgehead atoms. The van der Waals surface area contributed by atoms with Crippen LogP contribution in [0.3, 0.4) is 0 Å². The van der Waals surface area contributed by atoms with E-state index in [-0.39, 0.29) is 6.07 Å². The Labute approximate surface area is 142 Å². The van der Waals surface area contributed by atoms with Crippen LogP contribution >= 0.6 is 0 Å². The topological polar surface area (TPSA) is 0 Å². The highest BCUT2D eigenvalue weighted by Gasteiger charge is 2.90. The summed E-state index contributed by atoms with van der Waals surface area (Å²) in [5, 5.41) is 0. The van der Waals surface area contributed by atoms with Gasteiger partial charge in [-0.15, -0.1) is 6.42 Å². The zero-order chi connectivity index (χ0) is 21.7. The monoisotopic (exact) mass is 420 g/mol. The molecular formula is C14H5F13. The minimum atomic E-state index is -7.93. The standard InChI is InChI=1S/C14H5F13/c1-2-7-5-3-4-6-8(7)9(15,16)10(17,18)11(19,20)12(21,22)13(23,24)14(25,26)27/h1,3-6H. The molecule has 0 heterocycles. The number of alkyl halides is 13. The van der Waals surface area contributed by atoms with Crippen LogP contribution in [0.5, 0.6) is 0 Å². The summed E-state index contributed by atoms with van der Waals surface area (Å²) in [6.07, 6.45) is -2.76. The molecule has 0 N–H and O–H groups in total. The van der Waals surface area contributed by atoms with Crippen LogP contribution in [0.1, 0.15) is 11.1 Å². The molecule has 0 aliphatic carbocycles. The molecule has 0 unspecified atom stereocenters. The summed E-state index contributed by atoms with van der Waals surface area (Å²) in [6, 6.07) is 1.90. The van der Waals surface area contributed by atoms with Gasteiger partial charge in [-0.25, -0.2) is 0 Å². The van der Waals surface area contributed by atoms with Gasteiger partial charge in [0.1, 0.15) is 0 Å². The number of hydrogen-bond acceptors (Lipinski definition) is 0. The summed E-state index contributed by atoms with van der Waals surface area (Å²) in [5.41, 5.74) is -3.35. The molecule has 0 aromatic heterocycles. The minimum Gasteiger partial charge on any atom is -0.194 e. The maximum atomic E-state index is 13.9. The van der Waals surface area contributed by atoms with E-state index in [1.165, 1.54) is 5.92 Å². The van der Waals surface area contributed by atoms with Crippen LogP contribution in [-0.4, -0.2) is 29.9 Å². The number of rotatable bonds is 5. The Balaban J connectivity index is 3.67. The summed E-state index contributed by atoms with van der Waals surface area (Å²) in [5.74, 6) is -35.9. The van der Waals surface area contributed by atoms with Gasteiger partial charge in [-0.2, -0.15) is 57.1 Å². The fourth-order valence-corrected chi connectivity index (χ4v) is 1.82. The normalized spacial score (nSPS) is 14.8. The first kappa shape index (κ1) is 22.9. The van der Waals surface area contributed by atoms with E-state index in [0.29, 0.717) is 12.1 Å². The Hall–Kier alpha value is -2.13. The molecule has 0 aliphatic rings. The quantitative estimate of drug-likeness (QED) is 0.414. The van der Waals surface area contributed by atoms with Crippen molar-refractivity contribution >= 4 is 0 Å². The van der Waals surface area contributed by atoms with Crippen molar-refractivity contribution in [3.8, 4) is 12.3 Å². The summed E-state index contributed by atoms with van der Waals surface area (Å²) in [6.45, 7) is 0. The number of benzene rings is 1. The first-order valence-corrected chi connectivity index (χ1v) is 6.32. The molecule has 152 valence electrons. The average Bonchev–Trinajstić information content (AvgIpc) is 2.52. The highest BCUT2D eigenvalue weighted by atomic mass is 19.4. The Kier molecular flexibility index (Phi) is 5.26. The van der Waals surface area contributed by atoms with Gasteiger partial charge in [0.2, 0.25) is 0 Å². The molecule has 0 spiro atoms. The molecule has 1 rings (SSSR count). The lowest BCUT2D eigenvalue weighted by Gasteiger charge is -2.40. The Morgan fingerprint density at radius 2 is 1.00 bits per heavy atom. The molecule has 0 amide bonds. The van der Waals surface area contributed by atoms with Crippen molar-refractivity contribution < 1.29 is 57.1 Å². The van der Waals surface area contributed by atoms with Gasteiger partial charge in [0.15, 0.2) is 0 Å². The second-order valence-electron chi connectivity index (χ2n) is 5.06. The fraction of sp³-hybridized carbons (Fsp3) is 0.429. The van der Waals surface area contributed by atoms with Gasteiger partial charge in [-0.1, -0.05) is 24.1 Å². The van der Waals surface area contributed by atoms with Gasteiger partial charge >= 0.3 is 35.8 Å². The van der Waals surface area contributed by atoms with E-state index >= 15 is 0 Å². The van der Waals surface area contributed by atoms with Crippen molar-refractivity contribution in [1.29, 1.82) is 0 Å². The third kappa shape index (κ3) is 2.98. The third-order valence-corrected chi connectivity index (χ3v) is 3.35. The molecule has 13 heteroatoms. The van der Waals surface area contributed by atoms with Crippen LogP contribution in [0.4, 0.5) is 57.1 Å². The van der Waals surface area contributed by atoms with Crippen LogP contribution in [-0.2, 0) is 5.92 Å². The van der Waals surface area contributed by atoms with Crippen LogP contribution < -0.4 is 0 Å². The molecule has 0 saturated heterocycles. The van der Waals surface area contributed by atoms with E-state index in [0.717, 1.165) is 6.07 Å². The summed E-state index contributed by atoms with van der Waals surface area (Å²) in [7, 11) is 0. The molecule has 0 saturated carbocycles. The van der Waals surface area contributed by atoms with E-state index in [4.69, 9.17) is 0 Å². The molecule has 1 aromatic rings. The Morgan fingerprint density at radius 1 is 0.593 bits per heavy atom. The molecule has 0 radical (unpaired) electrons. The second kappa shape index (κ2) is 6.20. The summed E-state index contributed by atoms with van der Waals surface area (Å²) < 4.78 is 169. The second-order valence-corrected chi connectivity index (χ2v) is 5.06. The number of hydrogen-bond donors (Lipinski definition) is 0. The van der Waals surface area contributed by atoms with E-state index in [1.54, 1.807) is 0 Å². The molecule has 0 atom stereocenters. The number of halogens is 13. The third-order valence-electron chi connectivity index (χ3n) is 3.35. The maximum Gasteiger partial charge on any atom is 0.460 e. The highest BCUT2D eigenvalue weighted by molar-refractivity contribution is 5.43. The summed E-state index contributed by atoms with van der Waals surface area (Å²) in [4.78, 5) is 0. The van der Waals surface area contributed by atoms with Crippen LogP contribution in [0.25, 0.3) is 0 Å². The van der Waals surface area contributed by atoms with E-state index < -0.39 is 46.9 Å². The Bertz CT molecular complexity index is 736. The van der Waals surface area contributed by atoms with E-state index in [2.05, 4.69) is 6.42 Å².